The van der Waals surface area contributed by atoms with E-state index in [0.717, 1.165) is 39.9 Å². The Labute approximate surface area is 171 Å². The highest BCUT2D eigenvalue weighted by Gasteiger charge is 2.31. The molecular weight excluding hydrogens is 386 g/mol. The molecule has 0 saturated carbocycles. The number of oxazole rings is 1. The van der Waals surface area contributed by atoms with Crippen molar-refractivity contribution in [2.45, 2.75) is 32.7 Å². The first kappa shape index (κ1) is 17.8. The van der Waals surface area contributed by atoms with Crippen molar-refractivity contribution in [3.8, 4) is 10.8 Å². The van der Waals surface area contributed by atoms with Crippen molar-refractivity contribution in [2.75, 3.05) is 0 Å². The summed E-state index contributed by atoms with van der Waals surface area (Å²) in [5.74, 6) is 2.44. The number of hydrogen-bond acceptors (Lipinski definition) is 7. The van der Waals surface area contributed by atoms with Crippen molar-refractivity contribution in [3.05, 3.63) is 76.3 Å². The summed E-state index contributed by atoms with van der Waals surface area (Å²) in [6.07, 6.45) is 4.59. The van der Waals surface area contributed by atoms with Gasteiger partial charge >= 0.3 is 0 Å². The largest absolute Gasteiger partial charge is 0.508 e. The molecule has 0 spiro atoms. The molecule has 29 heavy (non-hydrogen) atoms. The predicted octanol–water partition coefficient (Wildman–Crippen LogP) is 4.03. The first-order valence-electron chi connectivity index (χ1n) is 9.44. The van der Waals surface area contributed by atoms with Gasteiger partial charge < -0.3 is 9.52 Å². The molecule has 3 aromatic heterocycles. The molecule has 0 aliphatic carbocycles. The zero-order valence-corrected chi connectivity index (χ0v) is 16.8. The van der Waals surface area contributed by atoms with Crippen LogP contribution in [-0.4, -0.2) is 30.6 Å². The Morgan fingerprint density at radius 2 is 2.03 bits per heavy atom. The van der Waals surface area contributed by atoms with Gasteiger partial charge in [-0.2, -0.15) is 0 Å². The smallest absolute Gasteiger partial charge is 0.196 e. The van der Waals surface area contributed by atoms with E-state index in [1.54, 1.807) is 35.9 Å². The van der Waals surface area contributed by atoms with Gasteiger partial charge in [0.1, 0.15) is 28.9 Å². The number of aromatic nitrogens is 4. The number of nitrogens with zero attached hydrogens (tertiary/aromatic N) is 5. The minimum Gasteiger partial charge on any atom is -0.508 e. The van der Waals surface area contributed by atoms with Gasteiger partial charge in [-0.15, -0.1) is 21.5 Å². The van der Waals surface area contributed by atoms with E-state index in [9.17, 15) is 5.11 Å². The van der Waals surface area contributed by atoms with Crippen molar-refractivity contribution in [3.63, 3.8) is 0 Å². The number of fused-ring (bicyclic) bond motifs is 3. The Bertz CT molecular complexity index is 1190. The predicted molar refractivity (Wildman–Crippen MR) is 110 cm³/mol. The van der Waals surface area contributed by atoms with Crippen LogP contribution in [0.25, 0.3) is 5.00 Å². The minimum absolute atomic E-state index is 0.230. The number of thiophene rings is 1. The highest BCUT2D eigenvalue weighted by molar-refractivity contribution is 7.13. The van der Waals surface area contributed by atoms with Crippen LogP contribution in [0.3, 0.4) is 0 Å². The van der Waals surface area contributed by atoms with Crippen LogP contribution in [0.1, 0.15) is 47.2 Å². The maximum atomic E-state index is 9.75. The Morgan fingerprint density at radius 1 is 1.21 bits per heavy atom. The second-order valence-corrected chi connectivity index (χ2v) is 7.76. The molecule has 0 saturated heterocycles. The van der Waals surface area contributed by atoms with Gasteiger partial charge in [0.25, 0.3) is 0 Å². The summed E-state index contributed by atoms with van der Waals surface area (Å²) >= 11 is 1.68. The van der Waals surface area contributed by atoms with Crippen LogP contribution in [0.15, 0.2) is 51.5 Å². The zero-order chi connectivity index (χ0) is 20.0. The van der Waals surface area contributed by atoms with E-state index in [2.05, 4.69) is 32.1 Å². The SMILES string of the molecule is CCc1csc2c1C(c1ccc(O)cc1)=N[C@@H](Cc1ncco1)c1nnc(C)n1-2. The molecule has 0 fully saturated rings. The third kappa shape index (κ3) is 2.96. The maximum Gasteiger partial charge on any atom is 0.196 e. The van der Waals surface area contributed by atoms with E-state index in [0.29, 0.717) is 12.3 Å². The monoisotopic (exact) mass is 405 g/mol. The van der Waals surface area contributed by atoms with Crippen molar-refractivity contribution in [1.82, 2.24) is 19.7 Å². The first-order chi connectivity index (χ1) is 14.2. The van der Waals surface area contributed by atoms with Crippen LogP contribution in [0.2, 0.25) is 0 Å². The highest BCUT2D eigenvalue weighted by atomic mass is 32.1. The fourth-order valence-corrected chi connectivity index (χ4v) is 4.89. The first-order valence-corrected chi connectivity index (χ1v) is 10.3. The van der Waals surface area contributed by atoms with Gasteiger partial charge in [0.05, 0.1) is 18.3 Å². The molecule has 5 rings (SSSR count). The third-order valence-corrected chi connectivity index (χ3v) is 6.11. The lowest BCUT2D eigenvalue weighted by atomic mass is 9.99. The lowest BCUT2D eigenvalue weighted by Crippen LogP contribution is -2.09. The molecule has 1 aliphatic rings. The van der Waals surface area contributed by atoms with Gasteiger partial charge in [0, 0.05) is 11.1 Å². The van der Waals surface area contributed by atoms with Crippen molar-refractivity contribution in [2.24, 2.45) is 4.99 Å². The Morgan fingerprint density at radius 3 is 2.76 bits per heavy atom. The molecule has 8 heteroatoms. The molecule has 146 valence electrons. The number of phenolic OH excluding ortho intramolecular Hbond substituents is 1. The minimum atomic E-state index is -0.289. The number of hydrogen-bond donors (Lipinski definition) is 1. The van der Waals surface area contributed by atoms with Crippen LogP contribution in [0, 0.1) is 6.92 Å². The van der Waals surface area contributed by atoms with E-state index in [-0.39, 0.29) is 11.8 Å². The Hall–Kier alpha value is -3.26. The molecule has 1 atom stereocenters. The quantitative estimate of drug-likeness (QED) is 0.554. The lowest BCUT2D eigenvalue weighted by Gasteiger charge is -2.11. The van der Waals surface area contributed by atoms with E-state index < -0.39 is 0 Å². The van der Waals surface area contributed by atoms with E-state index in [4.69, 9.17) is 9.41 Å². The fourth-order valence-electron chi connectivity index (χ4n) is 3.68. The molecule has 7 nitrogen and oxygen atoms in total. The molecule has 0 unspecified atom stereocenters. The van der Waals surface area contributed by atoms with Gasteiger partial charge in [0.15, 0.2) is 11.7 Å². The summed E-state index contributed by atoms with van der Waals surface area (Å²) < 4.78 is 7.59. The number of phenols is 1. The second-order valence-electron chi connectivity index (χ2n) is 6.91. The van der Waals surface area contributed by atoms with Crippen LogP contribution in [0.5, 0.6) is 5.75 Å². The standard InChI is InChI=1S/C21H19N5O2S/c1-3-13-11-29-21-18(13)19(14-4-6-15(27)7-5-14)23-16(10-17-22-8-9-28-17)20-25-24-12(2)26(20)21/h4-9,11,16,27H,3,10H2,1-2H3/t16-/m0/s1. The Kier molecular flexibility index (Phi) is 4.28. The summed E-state index contributed by atoms with van der Waals surface area (Å²) in [5.41, 5.74) is 4.17. The van der Waals surface area contributed by atoms with Crippen LogP contribution in [-0.2, 0) is 12.8 Å². The average molecular weight is 405 g/mol. The van der Waals surface area contributed by atoms with E-state index in [1.165, 1.54) is 5.56 Å². The maximum absolute atomic E-state index is 9.75. The molecular formula is C21H19N5O2S. The van der Waals surface area contributed by atoms with E-state index in [1.807, 2.05) is 19.1 Å². The summed E-state index contributed by atoms with van der Waals surface area (Å²) in [7, 11) is 0. The number of aryl methyl sites for hydroxylation is 2. The second kappa shape index (κ2) is 6.97. The highest BCUT2D eigenvalue weighted by Crippen LogP contribution is 2.37. The number of aliphatic imine (C=N–C) groups is 1. The molecule has 0 amide bonds. The average Bonchev–Trinajstić information content (AvgIpc) is 3.44. The summed E-state index contributed by atoms with van der Waals surface area (Å²) in [5, 5.41) is 21.8. The number of rotatable bonds is 4. The number of benzene rings is 1. The fraction of sp³-hybridized carbons (Fsp3) is 0.238. The zero-order valence-electron chi connectivity index (χ0n) is 16.0. The summed E-state index contributed by atoms with van der Waals surface area (Å²) in [6.45, 7) is 4.10. The van der Waals surface area contributed by atoms with Gasteiger partial charge in [-0.3, -0.25) is 9.56 Å². The third-order valence-electron chi connectivity index (χ3n) is 5.09. The topological polar surface area (TPSA) is 89.3 Å². The van der Waals surface area contributed by atoms with E-state index >= 15 is 0 Å². The normalized spacial score (nSPS) is 15.5. The number of aromatic hydroxyl groups is 1. The van der Waals surface area contributed by atoms with Crippen molar-refractivity contribution in [1.29, 1.82) is 0 Å². The lowest BCUT2D eigenvalue weighted by molar-refractivity contribution is 0.467. The molecule has 4 heterocycles. The molecule has 4 aromatic rings. The van der Waals surface area contributed by atoms with Crippen molar-refractivity contribution >= 4 is 17.0 Å². The summed E-state index contributed by atoms with van der Waals surface area (Å²) in [6, 6.07) is 6.89. The molecule has 0 bridgehead atoms. The van der Waals surface area contributed by atoms with Gasteiger partial charge in [-0.05, 0) is 48.6 Å². The molecule has 0 radical (unpaired) electrons. The summed E-state index contributed by atoms with van der Waals surface area (Å²) in [4.78, 5) is 9.42. The van der Waals surface area contributed by atoms with Gasteiger partial charge in [-0.25, -0.2) is 4.98 Å². The molecule has 1 N–H and O–H groups in total. The van der Waals surface area contributed by atoms with Crippen LogP contribution in [0.4, 0.5) is 0 Å². The Balaban J connectivity index is 1.76. The van der Waals surface area contributed by atoms with Gasteiger partial charge in [0.2, 0.25) is 0 Å². The van der Waals surface area contributed by atoms with Crippen molar-refractivity contribution < 1.29 is 9.52 Å². The van der Waals surface area contributed by atoms with Gasteiger partial charge in [-0.1, -0.05) is 6.92 Å². The molecule has 1 aliphatic heterocycles. The molecule has 1 aromatic carbocycles. The van der Waals surface area contributed by atoms with Crippen LogP contribution >= 0.6 is 11.3 Å². The van der Waals surface area contributed by atoms with Crippen LogP contribution < -0.4 is 0 Å².